The molecule has 18 nitrogen and oxygen atoms in total. The quantitative estimate of drug-likeness (QED) is 0.0276. The first-order valence-electron chi connectivity index (χ1n) is 20.9. The first-order chi connectivity index (χ1) is 26.8. The molecule has 0 aromatic carbocycles. The van der Waals surface area contributed by atoms with Crippen LogP contribution < -0.4 is 47.9 Å². The van der Waals surface area contributed by atoms with Gasteiger partial charge in [0.15, 0.2) is 6.29 Å². The molecule has 1 unspecified atom stereocenters. The molecule has 1 amide bonds. The van der Waals surface area contributed by atoms with Crippen molar-refractivity contribution in [3.63, 3.8) is 0 Å². The van der Waals surface area contributed by atoms with Crippen molar-refractivity contribution >= 4 is 11.9 Å². The van der Waals surface area contributed by atoms with Crippen molar-refractivity contribution in [2.45, 2.75) is 108 Å². The highest BCUT2D eigenvalue weighted by Crippen LogP contribution is 2.21. The zero-order valence-electron chi connectivity index (χ0n) is 33.6. The summed E-state index contributed by atoms with van der Waals surface area (Å²) >= 11 is 0. The normalized spacial score (nSPS) is 20.5. The third-order valence-electron chi connectivity index (χ3n) is 9.25. The van der Waals surface area contributed by atoms with E-state index < -0.39 is 43.3 Å². The van der Waals surface area contributed by atoms with E-state index in [0.29, 0.717) is 13.0 Å². The fourth-order valence-corrected chi connectivity index (χ4v) is 5.95. The Morgan fingerprint density at radius 3 is 1.60 bits per heavy atom. The average Bonchev–Trinajstić information content (AvgIpc) is 3.17. The monoisotopic (exact) mass is 794 g/mol. The van der Waals surface area contributed by atoms with Crippen LogP contribution in [0.4, 0.5) is 0 Å². The Labute approximate surface area is 329 Å². The Morgan fingerprint density at radius 2 is 1.09 bits per heavy atom. The minimum Gasteiger partial charge on any atom is -0.481 e. The highest BCUT2D eigenvalue weighted by molar-refractivity contribution is 5.81. The van der Waals surface area contributed by atoms with Gasteiger partial charge in [0.05, 0.1) is 19.3 Å². The zero-order chi connectivity index (χ0) is 40.2. The molecule has 14 N–H and O–H groups in total. The standard InChI is InChI=1S/C37H79N9O9/c1-2-38-25-26-45-30(36(53)46-27-28-54-37-35(52)34(51)33(50)31(29-47)55-37)11-6-10-16-42-20-24-44-23-19-41-15-9-4-8-14-40-18-22-43-21-17-39-13-7-3-5-12-32(48)49/h30-31,33-35,37-45,47,50-52H,2-29H2,1H3,(H,46,53)(H,48,49)/t30?,31-,33-,34+,35+,37+/m1/s1. The average molecular weight is 794 g/mol. The summed E-state index contributed by atoms with van der Waals surface area (Å²) in [6.45, 7) is 15.3. The summed E-state index contributed by atoms with van der Waals surface area (Å²) in [5, 5.41) is 78.1. The second kappa shape index (κ2) is 36.7. The van der Waals surface area contributed by atoms with Crippen molar-refractivity contribution in [3.05, 3.63) is 0 Å². The van der Waals surface area contributed by atoms with Crippen LogP contribution in [-0.4, -0.2) is 192 Å². The number of carbonyl (C=O) groups excluding carboxylic acids is 1. The lowest BCUT2D eigenvalue weighted by atomic mass is 9.99. The van der Waals surface area contributed by atoms with Crippen LogP contribution in [0, 0.1) is 0 Å². The molecule has 6 atom stereocenters. The summed E-state index contributed by atoms with van der Waals surface area (Å²) in [5.74, 6) is -0.851. The van der Waals surface area contributed by atoms with Crippen molar-refractivity contribution in [2.24, 2.45) is 0 Å². The number of aliphatic hydroxyl groups excluding tert-OH is 4. The van der Waals surface area contributed by atoms with Gasteiger partial charge < -0.3 is 82.9 Å². The van der Waals surface area contributed by atoms with Gasteiger partial charge in [0.1, 0.15) is 24.4 Å². The molecule has 18 heteroatoms. The molecule has 1 rings (SSSR count). The van der Waals surface area contributed by atoms with Crippen LogP contribution in [0.1, 0.15) is 71.1 Å². The molecule has 0 bridgehead atoms. The van der Waals surface area contributed by atoms with Gasteiger partial charge in [-0.05, 0) is 71.2 Å². The Bertz CT molecular complexity index is 901. The maximum atomic E-state index is 12.9. The van der Waals surface area contributed by atoms with Crippen LogP contribution in [0.2, 0.25) is 0 Å². The molecule has 1 fully saturated rings. The second-order valence-corrected chi connectivity index (χ2v) is 14.0. The number of amides is 1. The van der Waals surface area contributed by atoms with Crippen molar-refractivity contribution in [1.82, 2.24) is 47.9 Å². The predicted octanol–water partition coefficient (Wildman–Crippen LogP) is -2.99. The van der Waals surface area contributed by atoms with Crippen LogP contribution in [-0.2, 0) is 19.1 Å². The Balaban J connectivity index is 1.95. The van der Waals surface area contributed by atoms with E-state index in [-0.39, 0.29) is 31.5 Å². The van der Waals surface area contributed by atoms with Gasteiger partial charge >= 0.3 is 5.97 Å². The van der Waals surface area contributed by atoms with Crippen LogP contribution >= 0.6 is 0 Å². The summed E-state index contributed by atoms with van der Waals surface area (Å²) in [6.07, 6.45) is 2.40. The number of aliphatic carboxylic acids is 1. The van der Waals surface area contributed by atoms with Gasteiger partial charge in [0.25, 0.3) is 0 Å². The largest absolute Gasteiger partial charge is 0.481 e. The smallest absolute Gasteiger partial charge is 0.303 e. The van der Waals surface area contributed by atoms with Crippen LogP contribution in [0.5, 0.6) is 0 Å². The molecular formula is C37H79N9O9. The van der Waals surface area contributed by atoms with Crippen molar-refractivity contribution in [3.8, 4) is 0 Å². The molecule has 1 aliphatic heterocycles. The summed E-state index contributed by atoms with van der Waals surface area (Å²) in [7, 11) is 0. The summed E-state index contributed by atoms with van der Waals surface area (Å²) in [5.41, 5.74) is 0. The molecule has 55 heavy (non-hydrogen) atoms. The third-order valence-corrected chi connectivity index (χ3v) is 9.25. The predicted molar refractivity (Wildman–Crippen MR) is 214 cm³/mol. The van der Waals surface area contributed by atoms with Gasteiger partial charge in [-0.1, -0.05) is 26.2 Å². The number of ether oxygens (including phenoxy) is 2. The Morgan fingerprint density at radius 1 is 0.600 bits per heavy atom. The summed E-state index contributed by atoms with van der Waals surface area (Å²) in [6, 6.07) is -0.356. The SMILES string of the molecule is CCNCCNC(CCCCNCCNCCNCCCCCNCCNCCNCCCCCC(=O)O)C(=O)NCCO[C@H]1O[C@H](CO)[C@@H](O)[C@H](O)[C@@H]1O. The summed E-state index contributed by atoms with van der Waals surface area (Å²) < 4.78 is 10.8. The van der Waals surface area contributed by atoms with E-state index in [0.717, 1.165) is 124 Å². The Hall–Kier alpha value is -1.62. The number of rotatable bonds is 40. The lowest BCUT2D eigenvalue weighted by Gasteiger charge is -2.39. The molecule has 1 aliphatic rings. The van der Waals surface area contributed by atoms with Gasteiger partial charge in [-0.2, -0.15) is 0 Å². The third kappa shape index (κ3) is 28.4. The van der Waals surface area contributed by atoms with Gasteiger partial charge in [-0.3, -0.25) is 9.59 Å². The topological polar surface area (TPSA) is 262 Å². The van der Waals surface area contributed by atoms with Gasteiger partial charge in [-0.25, -0.2) is 0 Å². The van der Waals surface area contributed by atoms with E-state index in [4.69, 9.17) is 14.6 Å². The molecule has 0 aromatic heterocycles. The molecule has 0 aromatic rings. The molecule has 0 spiro atoms. The van der Waals surface area contributed by atoms with Crippen molar-refractivity contribution in [1.29, 1.82) is 0 Å². The number of hydrogen-bond donors (Lipinski definition) is 14. The molecule has 0 radical (unpaired) electrons. The second-order valence-electron chi connectivity index (χ2n) is 14.0. The van der Waals surface area contributed by atoms with Gasteiger partial charge in [-0.15, -0.1) is 0 Å². The maximum absolute atomic E-state index is 12.9. The van der Waals surface area contributed by atoms with E-state index >= 15 is 0 Å². The molecular weight excluding hydrogens is 714 g/mol. The summed E-state index contributed by atoms with van der Waals surface area (Å²) in [4.78, 5) is 23.4. The minimum atomic E-state index is -1.51. The molecule has 1 saturated heterocycles. The van der Waals surface area contributed by atoms with Crippen LogP contribution in [0.3, 0.4) is 0 Å². The highest BCUT2D eigenvalue weighted by Gasteiger charge is 2.44. The van der Waals surface area contributed by atoms with Crippen molar-refractivity contribution < 1.29 is 44.6 Å². The van der Waals surface area contributed by atoms with E-state index in [1.165, 1.54) is 19.3 Å². The number of carboxylic acids is 1. The molecule has 326 valence electrons. The van der Waals surface area contributed by atoms with Crippen LogP contribution in [0.25, 0.3) is 0 Å². The fraction of sp³-hybridized carbons (Fsp3) is 0.946. The number of carbonyl (C=O) groups is 2. The Kier molecular flexibility index (Phi) is 34.3. The van der Waals surface area contributed by atoms with Crippen LogP contribution in [0.15, 0.2) is 0 Å². The molecule has 1 heterocycles. The number of unbranched alkanes of at least 4 members (excludes halogenated alkanes) is 5. The number of hydrogen-bond acceptors (Lipinski definition) is 16. The first-order valence-corrected chi connectivity index (χ1v) is 20.9. The number of nitrogens with one attached hydrogen (secondary N) is 9. The molecule has 0 saturated carbocycles. The van der Waals surface area contributed by atoms with Crippen molar-refractivity contribution in [2.75, 3.05) is 118 Å². The maximum Gasteiger partial charge on any atom is 0.303 e. The number of likely N-dealkylation sites (N-methyl/N-ethyl adjacent to an activating group) is 1. The number of aliphatic hydroxyl groups is 4. The van der Waals surface area contributed by atoms with E-state index in [2.05, 4.69) is 47.9 Å². The molecule has 0 aliphatic carbocycles. The van der Waals surface area contributed by atoms with E-state index in [9.17, 15) is 30.0 Å². The minimum absolute atomic E-state index is 0.0210. The number of carboxylic acid groups (broad SMARTS) is 1. The van der Waals surface area contributed by atoms with E-state index in [1.807, 2.05) is 6.92 Å². The zero-order valence-corrected chi connectivity index (χ0v) is 33.6. The lowest BCUT2D eigenvalue weighted by molar-refractivity contribution is -0.300. The van der Waals surface area contributed by atoms with E-state index in [1.54, 1.807) is 0 Å². The lowest BCUT2D eigenvalue weighted by Crippen LogP contribution is -2.59. The fourth-order valence-electron chi connectivity index (χ4n) is 5.95. The highest BCUT2D eigenvalue weighted by atomic mass is 16.7. The van der Waals surface area contributed by atoms with Gasteiger partial charge in [0, 0.05) is 78.4 Å². The van der Waals surface area contributed by atoms with Gasteiger partial charge in [0.2, 0.25) is 5.91 Å². The first kappa shape index (κ1) is 51.4.